The van der Waals surface area contributed by atoms with Crippen molar-refractivity contribution >= 4 is 28.9 Å². The van der Waals surface area contributed by atoms with Gasteiger partial charge in [0.1, 0.15) is 5.69 Å². The van der Waals surface area contributed by atoms with Crippen LogP contribution in [0.1, 0.15) is 20.3 Å². The van der Waals surface area contributed by atoms with Crippen LogP contribution in [-0.2, 0) is 4.79 Å². The van der Waals surface area contributed by atoms with Crippen molar-refractivity contribution in [3.05, 3.63) is 33.3 Å². The minimum atomic E-state index is -0.557. The summed E-state index contributed by atoms with van der Waals surface area (Å²) >= 11 is 5.76. The predicted molar refractivity (Wildman–Crippen MR) is 74.5 cm³/mol. The van der Waals surface area contributed by atoms with Gasteiger partial charge in [-0.1, -0.05) is 25.4 Å². The Balaban J connectivity index is 2.67. The van der Waals surface area contributed by atoms with E-state index >= 15 is 0 Å². The number of halogens is 1. The highest BCUT2D eigenvalue weighted by Crippen LogP contribution is 2.27. The van der Waals surface area contributed by atoms with E-state index in [-0.39, 0.29) is 29.7 Å². The molecule has 7 heteroatoms. The summed E-state index contributed by atoms with van der Waals surface area (Å²) in [5, 5.41) is 16.7. The van der Waals surface area contributed by atoms with Crippen LogP contribution < -0.4 is 10.6 Å². The van der Waals surface area contributed by atoms with Gasteiger partial charge < -0.3 is 10.6 Å². The molecule has 0 saturated heterocycles. The second-order valence-corrected chi connectivity index (χ2v) is 4.76. The minimum Gasteiger partial charge on any atom is -0.320 e. The normalized spacial score (nSPS) is 10.5. The Morgan fingerprint density at radius 2 is 2.16 bits per heavy atom. The molecule has 1 amide bonds. The van der Waals surface area contributed by atoms with Crippen LogP contribution in [0.15, 0.2) is 18.2 Å². The first-order valence-corrected chi connectivity index (χ1v) is 6.25. The quantitative estimate of drug-likeness (QED) is 0.621. The third-order valence-corrected chi connectivity index (χ3v) is 2.57. The van der Waals surface area contributed by atoms with E-state index < -0.39 is 4.92 Å². The van der Waals surface area contributed by atoms with Crippen molar-refractivity contribution in [2.24, 2.45) is 0 Å². The standard InChI is InChI=1S/C12H16ClN3O3/c1-8(2)14-6-5-12(17)15-10-7-9(13)3-4-11(10)16(18)19/h3-4,7-8,14H,5-6H2,1-2H3,(H,15,17). The summed E-state index contributed by atoms with van der Waals surface area (Å²) in [4.78, 5) is 21.9. The number of anilines is 1. The molecule has 0 radical (unpaired) electrons. The topological polar surface area (TPSA) is 84.3 Å². The molecule has 6 nitrogen and oxygen atoms in total. The van der Waals surface area contributed by atoms with Gasteiger partial charge >= 0.3 is 0 Å². The van der Waals surface area contributed by atoms with Gasteiger partial charge in [0.05, 0.1) is 4.92 Å². The fraction of sp³-hybridized carbons (Fsp3) is 0.417. The maximum atomic E-state index is 11.7. The third-order valence-electron chi connectivity index (χ3n) is 2.33. The second kappa shape index (κ2) is 7.06. The van der Waals surface area contributed by atoms with Crippen LogP contribution in [0.25, 0.3) is 0 Å². The molecule has 2 N–H and O–H groups in total. The third kappa shape index (κ3) is 5.23. The second-order valence-electron chi connectivity index (χ2n) is 4.33. The van der Waals surface area contributed by atoms with E-state index in [0.29, 0.717) is 11.6 Å². The Kier molecular flexibility index (Phi) is 5.72. The van der Waals surface area contributed by atoms with Crippen LogP contribution in [0.2, 0.25) is 5.02 Å². The van der Waals surface area contributed by atoms with Crippen molar-refractivity contribution in [1.82, 2.24) is 5.32 Å². The van der Waals surface area contributed by atoms with E-state index in [9.17, 15) is 14.9 Å². The van der Waals surface area contributed by atoms with Gasteiger partial charge in [-0.2, -0.15) is 0 Å². The molecule has 1 rings (SSSR count). The first kappa shape index (κ1) is 15.4. The van der Waals surface area contributed by atoms with E-state index in [0.717, 1.165) is 0 Å². The number of hydrogen-bond donors (Lipinski definition) is 2. The number of rotatable bonds is 6. The predicted octanol–water partition coefficient (Wildman–Crippen LogP) is 2.57. The molecule has 0 atom stereocenters. The number of hydrogen-bond acceptors (Lipinski definition) is 4. The number of amides is 1. The van der Waals surface area contributed by atoms with E-state index in [1.54, 1.807) is 0 Å². The summed E-state index contributed by atoms with van der Waals surface area (Å²) in [6.45, 7) is 4.46. The zero-order valence-corrected chi connectivity index (χ0v) is 11.5. The van der Waals surface area contributed by atoms with Gasteiger partial charge in [-0.05, 0) is 12.1 Å². The van der Waals surface area contributed by atoms with Gasteiger partial charge in [0, 0.05) is 30.1 Å². The van der Waals surface area contributed by atoms with E-state index in [1.165, 1.54) is 18.2 Å². The smallest absolute Gasteiger partial charge is 0.292 e. The average molecular weight is 286 g/mol. The van der Waals surface area contributed by atoms with Gasteiger partial charge in [-0.3, -0.25) is 14.9 Å². The highest BCUT2D eigenvalue weighted by molar-refractivity contribution is 6.31. The van der Waals surface area contributed by atoms with Crippen molar-refractivity contribution in [1.29, 1.82) is 0 Å². The van der Waals surface area contributed by atoms with Crippen molar-refractivity contribution in [2.45, 2.75) is 26.3 Å². The van der Waals surface area contributed by atoms with E-state index in [2.05, 4.69) is 10.6 Å². The number of nitro benzene ring substituents is 1. The molecule has 0 aliphatic heterocycles. The Morgan fingerprint density at radius 3 is 2.74 bits per heavy atom. The number of carbonyl (C=O) groups is 1. The molecular formula is C12H16ClN3O3. The molecule has 104 valence electrons. The molecule has 0 aromatic heterocycles. The number of carbonyl (C=O) groups excluding carboxylic acids is 1. The largest absolute Gasteiger partial charge is 0.320 e. The molecule has 0 fully saturated rings. The van der Waals surface area contributed by atoms with Gasteiger partial charge in [-0.25, -0.2) is 0 Å². The first-order chi connectivity index (χ1) is 8.90. The lowest BCUT2D eigenvalue weighted by molar-refractivity contribution is -0.383. The van der Waals surface area contributed by atoms with Gasteiger partial charge in [-0.15, -0.1) is 0 Å². The minimum absolute atomic E-state index is 0.118. The molecule has 0 saturated carbocycles. The van der Waals surface area contributed by atoms with Gasteiger partial charge in [0.25, 0.3) is 5.69 Å². The molecule has 1 aromatic carbocycles. The lowest BCUT2D eigenvalue weighted by Gasteiger charge is -2.09. The summed E-state index contributed by atoms with van der Waals surface area (Å²) < 4.78 is 0. The van der Waals surface area contributed by atoms with Crippen molar-refractivity contribution < 1.29 is 9.72 Å². The average Bonchev–Trinajstić information content (AvgIpc) is 2.27. The number of benzene rings is 1. The molecule has 0 aliphatic rings. The van der Waals surface area contributed by atoms with Crippen LogP contribution >= 0.6 is 11.6 Å². The van der Waals surface area contributed by atoms with Crippen molar-refractivity contribution in [3.8, 4) is 0 Å². The maximum Gasteiger partial charge on any atom is 0.292 e. The number of nitrogens with one attached hydrogen (secondary N) is 2. The summed E-state index contributed by atoms with van der Waals surface area (Å²) in [6.07, 6.45) is 0.238. The lowest BCUT2D eigenvalue weighted by atomic mass is 10.2. The van der Waals surface area contributed by atoms with Crippen LogP contribution in [0.4, 0.5) is 11.4 Å². The Labute approximate surface area is 116 Å². The SMILES string of the molecule is CC(C)NCCC(=O)Nc1cc(Cl)ccc1[N+](=O)[O-]. The molecule has 19 heavy (non-hydrogen) atoms. The Morgan fingerprint density at radius 1 is 1.47 bits per heavy atom. The number of nitro groups is 1. The first-order valence-electron chi connectivity index (χ1n) is 5.87. The van der Waals surface area contributed by atoms with Crippen molar-refractivity contribution in [3.63, 3.8) is 0 Å². The monoisotopic (exact) mass is 285 g/mol. The van der Waals surface area contributed by atoms with Crippen molar-refractivity contribution in [2.75, 3.05) is 11.9 Å². The lowest BCUT2D eigenvalue weighted by Crippen LogP contribution is -2.27. The van der Waals surface area contributed by atoms with Crippen LogP contribution in [0.5, 0.6) is 0 Å². The summed E-state index contributed by atoms with van der Waals surface area (Å²) in [7, 11) is 0. The van der Waals surface area contributed by atoms with Gasteiger partial charge in [0.2, 0.25) is 5.91 Å². The molecule has 0 spiro atoms. The van der Waals surface area contributed by atoms with Gasteiger partial charge in [0.15, 0.2) is 0 Å². The van der Waals surface area contributed by atoms with Crippen LogP contribution in [0.3, 0.4) is 0 Å². The van der Waals surface area contributed by atoms with Crippen LogP contribution in [0, 0.1) is 10.1 Å². The zero-order valence-electron chi connectivity index (χ0n) is 10.8. The summed E-state index contributed by atoms with van der Waals surface area (Å²) in [5.74, 6) is -0.293. The molecule has 0 heterocycles. The molecule has 0 aliphatic carbocycles. The molecule has 0 bridgehead atoms. The fourth-order valence-electron chi connectivity index (χ4n) is 1.45. The molecule has 1 aromatic rings. The molecular weight excluding hydrogens is 270 g/mol. The van der Waals surface area contributed by atoms with Crippen LogP contribution in [-0.4, -0.2) is 23.4 Å². The highest BCUT2D eigenvalue weighted by Gasteiger charge is 2.15. The summed E-state index contributed by atoms with van der Waals surface area (Å²) in [5.41, 5.74) is -0.0541. The maximum absolute atomic E-state index is 11.7. The van der Waals surface area contributed by atoms with E-state index in [1.807, 2.05) is 13.8 Å². The Bertz CT molecular complexity index is 477. The Hall–Kier alpha value is -1.66. The highest BCUT2D eigenvalue weighted by atomic mass is 35.5. The zero-order chi connectivity index (χ0) is 14.4. The summed E-state index contributed by atoms with van der Waals surface area (Å²) in [6, 6.07) is 4.33. The molecule has 0 unspecified atom stereocenters. The van der Waals surface area contributed by atoms with E-state index in [4.69, 9.17) is 11.6 Å². The fourth-order valence-corrected chi connectivity index (χ4v) is 1.63. The number of nitrogens with zero attached hydrogens (tertiary/aromatic N) is 1.